The predicted molar refractivity (Wildman–Crippen MR) is 126 cm³/mol. The average molecular weight is 453 g/mol. The summed E-state index contributed by atoms with van der Waals surface area (Å²) >= 11 is 1.26. The minimum absolute atomic E-state index is 0.0169. The topological polar surface area (TPSA) is 93.0 Å². The molecule has 0 spiro atoms. The molecular formula is C23H28N6O2S. The molecule has 1 heterocycles. The minimum atomic E-state index is -0.178. The molecule has 9 heteroatoms. The van der Waals surface area contributed by atoms with Crippen molar-refractivity contribution in [2.24, 2.45) is 0 Å². The number of aromatic nitrogens is 4. The number of anilines is 1. The third-order valence-corrected chi connectivity index (χ3v) is 5.96. The van der Waals surface area contributed by atoms with Crippen LogP contribution in [0, 0.1) is 0 Å². The van der Waals surface area contributed by atoms with Gasteiger partial charge in [0.25, 0.3) is 5.91 Å². The van der Waals surface area contributed by atoms with Crippen molar-refractivity contribution in [2.45, 2.75) is 38.8 Å². The van der Waals surface area contributed by atoms with Crippen LogP contribution in [0.3, 0.4) is 0 Å². The fourth-order valence-corrected chi connectivity index (χ4v) is 3.84. The van der Waals surface area contributed by atoms with Crippen molar-refractivity contribution in [3.8, 4) is 5.69 Å². The van der Waals surface area contributed by atoms with Crippen LogP contribution in [0.25, 0.3) is 5.69 Å². The van der Waals surface area contributed by atoms with E-state index in [9.17, 15) is 9.59 Å². The lowest BCUT2D eigenvalue weighted by molar-refractivity contribution is -0.113. The zero-order valence-corrected chi connectivity index (χ0v) is 19.6. The number of amides is 2. The van der Waals surface area contributed by atoms with Crippen LogP contribution in [-0.4, -0.2) is 55.8 Å². The molecule has 1 aromatic heterocycles. The maximum atomic E-state index is 12.4. The smallest absolute Gasteiger partial charge is 0.253 e. The van der Waals surface area contributed by atoms with Crippen molar-refractivity contribution in [3.05, 3.63) is 59.7 Å². The zero-order valence-electron chi connectivity index (χ0n) is 18.8. The lowest BCUT2D eigenvalue weighted by Gasteiger charge is -2.18. The Hall–Kier alpha value is -3.20. The Bertz CT molecular complexity index is 1040. The lowest BCUT2D eigenvalue weighted by atomic mass is 10.0. The minimum Gasteiger partial charge on any atom is -0.339 e. The number of nitrogens with one attached hydrogen (secondary N) is 1. The summed E-state index contributed by atoms with van der Waals surface area (Å²) in [7, 11) is 0. The highest BCUT2D eigenvalue weighted by molar-refractivity contribution is 7.99. The summed E-state index contributed by atoms with van der Waals surface area (Å²) < 4.78 is 1.62. The van der Waals surface area contributed by atoms with E-state index in [1.54, 1.807) is 33.8 Å². The second-order valence-electron chi connectivity index (χ2n) is 7.51. The molecule has 168 valence electrons. The Balaban J connectivity index is 1.58. The molecular weight excluding hydrogens is 424 g/mol. The summed E-state index contributed by atoms with van der Waals surface area (Å²) in [6.07, 6.45) is 0. The Morgan fingerprint density at radius 1 is 1.03 bits per heavy atom. The van der Waals surface area contributed by atoms with Gasteiger partial charge in [0.1, 0.15) is 0 Å². The third kappa shape index (κ3) is 5.73. The Labute approximate surface area is 192 Å². The highest BCUT2D eigenvalue weighted by atomic mass is 32.2. The molecule has 3 aromatic rings. The standard InChI is InChI=1S/C23H28N6O2S/c1-5-28(6-2)22(31)18-7-11-19(12-8-18)24-21(30)15-32-23-25-26-27-29(23)20-13-9-17(10-14-20)16(3)4/h7-14,16H,5-6,15H2,1-4H3,(H,24,30). The quantitative estimate of drug-likeness (QED) is 0.493. The zero-order chi connectivity index (χ0) is 23.1. The fraction of sp³-hybridized carbons (Fsp3) is 0.348. The molecule has 0 bridgehead atoms. The molecule has 0 saturated carbocycles. The molecule has 2 amide bonds. The monoisotopic (exact) mass is 452 g/mol. The van der Waals surface area contributed by atoms with Crippen LogP contribution in [0.1, 0.15) is 49.5 Å². The van der Waals surface area contributed by atoms with Crippen LogP contribution in [0.5, 0.6) is 0 Å². The van der Waals surface area contributed by atoms with Crippen molar-refractivity contribution >= 4 is 29.3 Å². The number of thioether (sulfide) groups is 1. The van der Waals surface area contributed by atoms with Gasteiger partial charge in [-0.3, -0.25) is 9.59 Å². The van der Waals surface area contributed by atoms with Crippen LogP contribution in [-0.2, 0) is 4.79 Å². The molecule has 0 aliphatic heterocycles. The van der Waals surface area contributed by atoms with Crippen LogP contribution in [0.2, 0.25) is 0 Å². The molecule has 1 N–H and O–H groups in total. The van der Waals surface area contributed by atoms with Crippen molar-refractivity contribution in [2.75, 3.05) is 24.2 Å². The summed E-state index contributed by atoms with van der Waals surface area (Å²) in [5, 5.41) is 15.2. The first-order chi connectivity index (χ1) is 15.4. The summed E-state index contributed by atoms with van der Waals surface area (Å²) in [5.41, 5.74) is 3.32. The molecule has 0 atom stereocenters. The second kappa shape index (κ2) is 10.9. The maximum absolute atomic E-state index is 12.4. The summed E-state index contributed by atoms with van der Waals surface area (Å²) in [6.45, 7) is 9.50. The van der Waals surface area contributed by atoms with Crippen molar-refractivity contribution in [1.29, 1.82) is 0 Å². The van der Waals surface area contributed by atoms with E-state index in [2.05, 4.69) is 46.8 Å². The molecule has 0 unspecified atom stereocenters. The molecule has 0 fully saturated rings. The van der Waals surface area contributed by atoms with Crippen molar-refractivity contribution < 1.29 is 9.59 Å². The van der Waals surface area contributed by atoms with E-state index in [4.69, 9.17) is 0 Å². The van der Waals surface area contributed by atoms with Crippen LogP contribution in [0.4, 0.5) is 5.69 Å². The highest BCUT2D eigenvalue weighted by Crippen LogP contribution is 2.21. The van der Waals surface area contributed by atoms with E-state index >= 15 is 0 Å². The van der Waals surface area contributed by atoms with E-state index in [-0.39, 0.29) is 17.6 Å². The SMILES string of the molecule is CCN(CC)C(=O)c1ccc(NC(=O)CSc2nnnn2-c2ccc(C(C)C)cc2)cc1. The number of hydrogen-bond acceptors (Lipinski definition) is 6. The first kappa shape index (κ1) is 23.5. The van der Waals surface area contributed by atoms with E-state index in [1.165, 1.54) is 17.3 Å². The number of tetrazole rings is 1. The first-order valence-electron chi connectivity index (χ1n) is 10.6. The van der Waals surface area contributed by atoms with Gasteiger partial charge < -0.3 is 10.2 Å². The summed E-state index contributed by atoms with van der Waals surface area (Å²) in [4.78, 5) is 26.6. The molecule has 2 aromatic carbocycles. The molecule has 0 radical (unpaired) electrons. The van der Waals surface area contributed by atoms with Gasteiger partial charge in [0.05, 0.1) is 11.4 Å². The van der Waals surface area contributed by atoms with E-state index in [0.717, 1.165) is 5.69 Å². The number of hydrogen-bond donors (Lipinski definition) is 1. The molecule has 32 heavy (non-hydrogen) atoms. The van der Waals surface area contributed by atoms with Crippen molar-refractivity contribution in [1.82, 2.24) is 25.1 Å². The number of benzene rings is 2. The number of carbonyl (C=O) groups excluding carboxylic acids is 2. The van der Waals surface area contributed by atoms with E-state index < -0.39 is 0 Å². The summed E-state index contributed by atoms with van der Waals surface area (Å²) in [6, 6.07) is 15.0. The molecule has 0 aliphatic rings. The van der Waals surface area contributed by atoms with Gasteiger partial charge in [-0.15, -0.1) is 5.10 Å². The summed E-state index contributed by atoms with van der Waals surface area (Å²) in [5.74, 6) is 0.406. The largest absolute Gasteiger partial charge is 0.339 e. The molecule has 8 nitrogen and oxygen atoms in total. The van der Waals surface area contributed by atoms with Gasteiger partial charge in [-0.2, -0.15) is 4.68 Å². The Kier molecular flexibility index (Phi) is 7.99. The van der Waals surface area contributed by atoms with Gasteiger partial charge in [-0.25, -0.2) is 0 Å². The Morgan fingerprint density at radius 3 is 2.28 bits per heavy atom. The number of carbonyl (C=O) groups is 2. The lowest BCUT2D eigenvalue weighted by Crippen LogP contribution is -2.30. The molecule has 0 saturated heterocycles. The first-order valence-corrected chi connectivity index (χ1v) is 11.6. The Morgan fingerprint density at radius 2 is 1.69 bits per heavy atom. The van der Waals surface area contributed by atoms with Gasteiger partial charge in [0, 0.05) is 24.3 Å². The van der Waals surface area contributed by atoms with Gasteiger partial charge >= 0.3 is 0 Å². The fourth-order valence-electron chi connectivity index (χ4n) is 3.15. The molecule has 0 aliphatic carbocycles. The van der Waals surface area contributed by atoms with Crippen LogP contribution >= 0.6 is 11.8 Å². The normalized spacial score (nSPS) is 10.9. The van der Waals surface area contributed by atoms with Gasteiger partial charge in [0.15, 0.2) is 0 Å². The van der Waals surface area contributed by atoms with Gasteiger partial charge in [0.2, 0.25) is 11.1 Å². The van der Waals surface area contributed by atoms with Gasteiger partial charge in [-0.05, 0) is 72.2 Å². The highest BCUT2D eigenvalue weighted by Gasteiger charge is 2.14. The number of rotatable bonds is 9. The van der Waals surface area contributed by atoms with Crippen LogP contribution in [0.15, 0.2) is 53.7 Å². The van der Waals surface area contributed by atoms with Crippen molar-refractivity contribution in [3.63, 3.8) is 0 Å². The second-order valence-corrected chi connectivity index (χ2v) is 8.45. The van der Waals surface area contributed by atoms with Crippen LogP contribution < -0.4 is 5.32 Å². The maximum Gasteiger partial charge on any atom is 0.253 e. The predicted octanol–water partition coefficient (Wildman–Crippen LogP) is 4.00. The van der Waals surface area contributed by atoms with Gasteiger partial charge in [-0.1, -0.05) is 37.7 Å². The van der Waals surface area contributed by atoms with E-state index in [1.807, 2.05) is 26.0 Å². The average Bonchev–Trinajstić information content (AvgIpc) is 3.27. The number of nitrogens with zero attached hydrogens (tertiary/aromatic N) is 5. The third-order valence-electron chi connectivity index (χ3n) is 5.04. The van der Waals surface area contributed by atoms with E-state index in [0.29, 0.717) is 35.4 Å². The molecule has 3 rings (SSSR count).